The van der Waals surface area contributed by atoms with E-state index in [0.29, 0.717) is 12.5 Å². The molecule has 1 atom stereocenters. The normalized spacial score (nSPS) is 17.6. The summed E-state index contributed by atoms with van der Waals surface area (Å²) >= 11 is 1.84. The SMILES string of the molecule is CC1Cc2sc(CCN)nc2-c2ccccc21. The molecule has 3 heteroatoms. The Morgan fingerprint density at radius 3 is 3.06 bits per heavy atom. The summed E-state index contributed by atoms with van der Waals surface area (Å²) in [6.45, 7) is 2.98. The minimum Gasteiger partial charge on any atom is -0.330 e. The van der Waals surface area contributed by atoms with E-state index < -0.39 is 0 Å². The summed E-state index contributed by atoms with van der Waals surface area (Å²) in [5, 5.41) is 1.18. The lowest BCUT2D eigenvalue weighted by atomic mass is 9.86. The molecule has 0 amide bonds. The van der Waals surface area contributed by atoms with Crippen molar-refractivity contribution in [2.75, 3.05) is 6.54 Å². The standard InChI is InChI=1S/C14H16N2S/c1-9-8-12-14(16-13(17-12)6-7-15)11-5-3-2-4-10(9)11/h2-5,9H,6-8,15H2,1H3. The highest BCUT2D eigenvalue weighted by atomic mass is 32.1. The third-order valence-corrected chi connectivity index (χ3v) is 4.48. The van der Waals surface area contributed by atoms with E-state index in [-0.39, 0.29) is 0 Å². The van der Waals surface area contributed by atoms with E-state index in [2.05, 4.69) is 31.2 Å². The fourth-order valence-corrected chi connectivity index (χ4v) is 3.74. The first-order chi connectivity index (χ1) is 8.29. The minimum atomic E-state index is 0.602. The van der Waals surface area contributed by atoms with Crippen LogP contribution in [0.4, 0.5) is 0 Å². The highest BCUT2D eigenvalue weighted by Gasteiger charge is 2.24. The van der Waals surface area contributed by atoms with Crippen LogP contribution < -0.4 is 5.73 Å². The fraction of sp³-hybridized carbons (Fsp3) is 0.357. The fourth-order valence-electron chi connectivity index (χ4n) is 2.51. The third kappa shape index (κ3) is 1.79. The second-order valence-corrected chi connectivity index (χ2v) is 5.78. The first-order valence-corrected chi connectivity index (χ1v) is 6.89. The maximum atomic E-state index is 5.61. The Hall–Kier alpha value is -1.19. The molecule has 1 unspecified atom stereocenters. The average Bonchev–Trinajstić information content (AvgIpc) is 2.73. The van der Waals surface area contributed by atoms with E-state index in [9.17, 15) is 0 Å². The molecule has 0 radical (unpaired) electrons. The van der Waals surface area contributed by atoms with Crippen LogP contribution >= 0.6 is 11.3 Å². The van der Waals surface area contributed by atoms with Gasteiger partial charge in [0.15, 0.2) is 0 Å². The van der Waals surface area contributed by atoms with Crippen LogP contribution in [0.1, 0.15) is 28.3 Å². The molecule has 1 aromatic carbocycles. The molecule has 0 saturated heterocycles. The highest BCUT2D eigenvalue weighted by molar-refractivity contribution is 7.12. The van der Waals surface area contributed by atoms with Crippen molar-refractivity contribution < 1.29 is 0 Å². The van der Waals surface area contributed by atoms with Crippen LogP contribution in [0, 0.1) is 0 Å². The van der Waals surface area contributed by atoms with Crippen LogP contribution in [0.2, 0.25) is 0 Å². The molecular formula is C14H16N2S. The molecular weight excluding hydrogens is 228 g/mol. The topological polar surface area (TPSA) is 38.9 Å². The van der Waals surface area contributed by atoms with E-state index in [1.54, 1.807) is 0 Å². The smallest absolute Gasteiger partial charge is 0.0948 e. The third-order valence-electron chi connectivity index (χ3n) is 3.34. The molecule has 0 aliphatic heterocycles. The van der Waals surface area contributed by atoms with Crippen LogP contribution in [0.3, 0.4) is 0 Å². The Labute approximate surface area is 106 Å². The van der Waals surface area contributed by atoms with E-state index >= 15 is 0 Å². The molecule has 88 valence electrons. The van der Waals surface area contributed by atoms with Crippen molar-refractivity contribution in [3.8, 4) is 11.3 Å². The van der Waals surface area contributed by atoms with Crippen LogP contribution in [0.5, 0.6) is 0 Å². The van der Waals surface area contributed by atoms with Gasteiger partial charge in [-0.15, -0.1) is 11.3 Å². The zero-order valence-electron chi connectivity index (χ0n) is 9.94. The lowest BCUT2D eigenvalue weighted by Crippen LogP contribution is -2.06. The number of rotatable bonds is 2. The average molecular weight is 244 g/mol. The molecule has 1 heterocycles. The number of benzene rings is 1. The molecule has 0 bridgehead atoms. The summed E-state index contributed by atoms with van der Waals surface area (Å²) < 4.78 is 0. The largest absolute Gasteiger partial charge is 0.330 e. The summed E-state index contributed by atoms with van der Waals surface area (Å²) in [7, 11) is 0. The molecule has 1 aromatic heterocycles. The van der Waals surface area contributed by atoms with Crippen molar-refractivity contribution in [1.29, 1.82) is 0 Å². The van der Waals surface area contributed by atoms with Gasteiger partial charge in [-0.1, -0.05) is 31.2 Å². The lowest BCUT2D eigenvalue weighted by molar-refractivity contribution is 0.756. The van der Waals surface area contributed by atoms with E-state index in [0.717, 1.165) is 12.8 Å². The number of nitrogens with zero attached hydrogens (tertiary/aromatic N) is 1. The van der Waals surface area contributed by atoms with Gasteiger partial charge in [-0.3, -0.25) is 0 Å². The van der Waals surface area contributed by atoms with Crippen molar-refractivity contribution in [1.82, 2.24) is 4.98 Å². The van der Waals surface area contributed by atoms with Gasteiger partial charge in [0, 0.05) is 16.9 Å². The van der Waals surface area contributed by atoms with Crippen molar-refractivity contribution >= 4 is 11.3 Å². The summed E-state index contributed by atoms with van der Waals surface area (Å²) in [5.74, 6) is 0.602. The molecule has 1 aliphatic carbocycles. The Morgan fingerprint density at radius 1 is 1.41 bits per heavy atom. The van der Waals surface area contributed by atoms with Gasteiger partial charge in [0.2, 0.25) is 0 Å². The monoisotopic (exact) mass is 244 g/mol. The summed E-state index contributed by atoms with van der Waals surface area (Å²) in [5.41, 5.74) is 9.56. The van der Waals surface area contributed by atoms with Crippen molar-refractivity contribution in [3.63, 3.8) is 0 Å². The van der Waals surface area contributed by atoms with Crippen LogP contribution in [-0.2, 0) is 12.8 Å². The van der Waals surface area contributed by atoms with Crippen molar-refractivity contribution in [2.45, 2.75) is 25.7 Å². The Balaban J connectivity index is 2.12. The van der Waals surface area contributed by atoms with Gasteiger partial charge in [-0.05, 0) is 24.4 Å². The van der Waals surface area contributed by atoms with Gasteiger partial charge in [-0.25, -0.2) is 4.98 Å². The Kier molecular flexibility index (Phi) is 2.73. The summed E-state index contributed by atoms with van der Waals surface area (Å²) in [6.07, 6.45) is 2.02. The van der Waals surface area contributed by atoms with E-state index in [1.807, 2.05) is 11.3 Å². The summed E-state index contributed by atoms with van der Waals surface area (Å²) in [6, 6.07) is 8.64. The predicted molar refractivity (Wildman–Crippen MR) is 72.4 cm³/mol. The molecule has 0 spiro atoms. The number of fused-ring (bicyclic) bond motifs is 3. The van der Waals surface area contributed by atoms with Crippen LogP contribution in [0.15, 0.2) is 24.3 Å². The zero-order valence-corrected chi connectivity index (χ0v) is 10.8. The molecule has 2 N–H and O–H groups in total. The van der Waals surface area contributed by atoms with Gasteiger partial charge < -0.3 is 5.73 Å². The second-order valence-electron chi connectivity index (χ2n) is 4.61. The van der Waals surface area contributed by atoms with E-state index in [1.165, 1.54) is 26.7 Å². The zero-order chi connectivity index (χ0) is 11.8. The maximum absolute atomic E-state index is 5.61. The molecule has 2 nitrogen and oxygen atoms in total. The number of hydrogen-bond donors (Lipinski definition) is 1. The highest BCUT2D eigenvalue weighted by Crippen LogP contribution is 2.41. The van der Waals surface area contributed by atoms with Crippen LogP contribution in [0.25, 0.3) is 11.3 Å². The molecule has 1 aliphatic rings. The second kappa shape index (κ2) is 4.24. The number of thiazole rings is 1. The number of nitrogens with two attached hydrogens (primary N) is 1. The van der Waals surface area contributed by atoms with E-state index in [4.69, 9.17) is 10.7 Å². The molecule has 3 rings (SSSR count). The van der Waals surface area contributed by atoms with Gasteiger partial charge >= 0.3 is 0 Å². The maximum Gasteiger partial charge on any atom is 0.0948 e. The number of hydrogen-bond acceptors (Lipinski definition) is 3. The minimum absolute atomic E-state index is 0.602. The lowest BCUT2D eigenvalue weighted by Gasteiger charge is -2.21. The number of aromatic nitrogens is 1. The first kappa shape index (κ1) is 10.9. The van der Waals surface area contributed by atoms with Gasteiger partial charge in [0.1, 0.15) is 0 Å². The molecule has 0 saturated carbocycles. The quantitative estimate of drug-likeness (QED) is 0.882. The first-order valence-electron chi connectivity index (χ1n) is 6.07. The molecule has 0 fully saturated rings. The van der Waals surface area contributed by atoms with Gasteiger partial charge in [0.25, 0.3) is 0 Å². The summed E-state index contributed by atoms with van der Waals surface area (Å²) in [4.78, 5) is 6.19. The van der Waals surface area contributed by atoms with Gasteiger partial charge in [0.05, 0.1) is 10.7 Å². The Bertz CT molecular complexity index is 545. The van der Waals surface area contributed by atoms with Crippen LogP contribution in [-0.4, -0.2) is 11.5 Å². The van der Waals surface area contributed by atoms with Crippen molar-refractivity contribution in [3.05, 3.63) is 39.7 Å². The predicted octanol–water partition coefficient (Wildman–Crippen LogP) is 2.97. The molecule has 2 aromatic rings. The molecule has 17 heavy (non-hydrogen) atoms. The van der Waals surface area contributed by atoms with Crippen molar-refractivity contribution in [2.24, 2.45) is 5.73 Å². The van der Waals surface area contributed by atoms with Gasteiger partial charge in [-0.2, -0.15) is 0 Å². The Morgan fingerprint density at radius 2 is 2.24 bits per heavy atom.